The molecule has 0 aliphatic carbocycles. The van der Waals surface area contributed by atoms with E-state index < -0.39 is 17.3 Å². The second kappa shape index (κ2) is 11.0. The Morgan fingerprint density at radius 3 is 2.40 bits per heavy atom. The predicted octanol–water partition coefficient (Wildman–Crippen LogP) is 5.82. The average molecular weight is 561 g/mol. The first-order valence-corrected chi connectivity index (χ1v) is 12.2. The van der Waals surface area contributed by atoms with Crippen LogP contribution in [0.5, 0.6) is 23.0 Å². The van der Waals surface area contributed by atoms with Crippen molar-refractivity contribution < 1.29 is 23.4 Å². The van der Waals surface area contributed by atoms with Gasteiger partial charge in [0.1, 0.15) is 27.9 Å². The van der Waals surface area contributed by atoms with E-state index in [9.17, 15) is 14.0 Å². The summed E-state index contributed by atoms with van der Waals surface area (Å²) in [5.41, 5.74) is 6.05. The fourth-order valence-corrected chi connectivity index (χ4v) is 4.25. The lowest BCUT2D eigenvalue weighted by Crippen LogP contribution is -2.28. The van der Waals surface area contributed by atoms with E-state index in [0.29, 0.717) is 28.1 Å². The van der Waals surface area contributed by atoms with Gasteiger partial charge in [-0.1, -0.05) is 29.8 Å². The summed E-state index contributed by atoms with van der Waals surface area (Å²) in [7, 11) is 3.00. The maximum atomic E-state index is 14.9. The normalized spacial score (nSPS) is 10.8. The molecule has 9 nitrogen and oxygen atoms in total. The molecule has 1 amide bonds. The Hall–Kier alpha value is -5.09. The number of nitrogen functional groups attached to an aromatic ring is 1. The zero-order valence-corrected chi connectivity index (χ0v) is 22.0. The van der Waals surface area contributed by atoms with Crippen LogP contribution in [0.4, 0.5) is 15.9 Å². The number of nitrogens with two attached hydrogens (primary N) is 1. The lowest BCUT2D eigenvalue weighted by atomic mass is 10.1. The van der Waals surface area contributed by atoms with Gasteiger partial charge >= 0.3 is 0 Å². The van der Waals surface area contributed by atoms with E-state index in [1.807, 2.05) is 0 Å². The molecule has 0 bridgehead atoms. The first-order valence-electron chi connectivity index (χ1n) is 11.9. The van der Waals surface area contributed by atoms with Crippen LogP contribution in [0.1, 0.15) is 10.4 Å². The van der Waals surface area contributed by atoms with Gasteiger partial charge in [-0.15, -0.1) is 0 Å². The highest BCUT2D eigenvalue weighted by atomic mass is 35.5. The molecule has 0 unspecified atom stereocenters. The van der Waals surface area contributed by atoms with Crippen molar-refractivity contribution >= 4 is 39.9 Å². The second-order valence-corrected chi connectivity index (χ2v) is 8.92. The van der Waals surface area contributed by atoms with Crippen molar-refractivity contribution in [3.05, 3.63) is 106 Å². The molecule has 2 aromatic heterocycles. The summed E-state index contributed by atoms with van der Waals surface area (Å²) in [4.78, 5) is 30.8. The van der Waals surface area contributed by atoms with Gasteiger partial charge in [-0.3, -0.25) is 14.2 Å². The van der Waals surface area contributed by atoms with Gasteiger partial charge in [0.15, 0.2) is 17.3 Å². The molecular formula is C29H22ClFN4O5. The number of para-hydroxylation sites is 1. The molecule has 11 heteroatoms. The quantitative estimate of drug-likeness (QED) is 0.257. The molecule has 0 fully saturated rings. The summed E-state index contributed by atoms with van der Waals surface area (Å²) >= 11 is 6.07. The Morgan fingerprint density at radius 2 is 1.70 bits per heavy atom. The lowest BCUT2D eigenvalue weighted by Gasteiger charge is -2.15. The number of aromatic nitrogens is 2. The molecule has 0 aliphatic rings. The number of nitrogens with one attached hydrogen (secondary N) is 1. The van der Waals surface area contributed by atoms with E-state index in [1.54, 1.807) is 42.5 Å². The largest absolute Gasteiger partial charge is 0.497 e. The zero-order valence-electron chi connectivity index (χ0n) is 21.3. The summed E-state index contributed by atoms with van der Waals surface area (Å²) in [6.45, 7) is 0. The summed E-state index contributed by atoms with van der Waals surface area (Å²) in [6.07, 6.45) is 1.38. The summed E-state index contributed by atoms with van der Waals surface area (Å²) < 4.78 is 32.5. The molecule has 3 aromatic carbocycles. The van der Waals surface area contributed by atoms with Crippen molar-refractivity contribution in [1.29, 1.82) is 0 Å². The van der Waals surface area contributed by atoms with Crippen LogP contribution in [-0.2, 0) is 0 Å². The third-order valence-corrected chi connectivity index (χ3v) is 6.42. The number of carbonyl (C=O) groups excluding carboxylic acids is 1. The topological polar surface area (TPSA) is 118 Å². The Kier molecular flexibility index (Phi) is 7.26. The van der Waals surface area contributed by atoms with Crippen LogP contribution in [0.25, 0.3) is 16.6 Å². The van der Waals surface area contributed by atoms with Crippen molar-refractivity contribution in [1.82, 2.24) is 9.55 Å². The van der Waals surface area contributed by atoms with Crippen LogP contribution in [0, 0.1) is 5.82 Å². The van der Waals surface area contributed by atoms with E-state index in [2.05, 4.69) is 10.3 Å². The van der Waals surface area contributed by atoms with Crippen LogP contribution < -0.4 is 30.8 Å². The Labute approximate surface area is 232 Å². The van der Waals surface area contributed by atoms with Gasteiger partial charge in [0.2, 0.25) is 0 Å². The van der Waals surface area contributed by atoms with Gasteiger partial charge in [-0.05, 0) is 29.7 Å². The molecule has 0 spiro atoms. The van der Waals surface area contributed by atoms with Crippen LogP contribution >= 0.6 is 11.6 Å². The van der Waals surface area contributed by atoms with Crippen molar-refractivity contribution in [2.24, 2.45) is 0 Å². The van der Waals surface area contributed by atoms with E-state index in [1.165, 1.54) is 49.2 Å². The number of pyridine rings is 2. The van der Waals surface area contributed by atoms with Crippen LogP contribution in [0.3, 0.4) is 0 Å². The van der Waals surface area contributed by atoms with Crippen LogP contribution in [0.15, 0.2) is 83.8 Å². The fourth-order valence-electron chi connectivity index (χ4n) is 4.10. The molecule has 3 N–H and O–H groups in total. The highest BCUT2D eigenvalue weighted by Crippen LogP contribution is 2.34. The van der Waals surface area contributed by atoms with E-state index in [0.717, 1.165) is 6.07 Å². The molecule has 0 radical (unpaired) electrons. The average Bonchev–Trinajstić information content (AvgIpc) is 2.96. The molecule has 5 aromatic rings. The zero-order chi connectivity index (χ0) is 28.4. The van der Waals surface area contributed by atoms with Crippen molar-refractivity contribution in [2.45, 2.75) is 0 Å². The molecule has 0 saturated heterocycles. The number of hydrogen-bond acceptors (Lipinski definition) is 7. The van der Waals surface area contributed by atoms with E-state index >= 15 is 0 Å². The van der Waals surface area contributed by atoms with E-state index in [-0.39, 0.29) is 33.6 Å². The van der Waals surface area contributed by atoms with Gasteiger partial charge in [0, 0.05) is 42.2 Å². The van der Waals surface area contributed by atoms with Crippen molar-refractivity contribution in [3.63, 3.8) is 0 Å². The second-order valence-electron chi connectivity index (χ2n) is 8.54. The van der Waals surface area contributed by atoms with Crippen LogP contribution in [0.2, 0.25) is 5.02 Å². The maximum Gasteiger partial charge on any atom is 0.268 e. The Morgan fingerprint density at radius 1 is 0.975 bits per heavy atom. The van der Waals surface area contributed by atoms with Crippen LogP contribution in [-0.4, -0.2) is 29.7 Å². The molecule has 2 heterocycles. The standard InChI is InChI=1S/C29H22ClFN4O5/c1-38-19-13-18(14-20(15-19)39-2)35-23-6-4-3-5-16(23)11-21(29(35)37)28(36)34-17-7-8-24(22(31)12-17)40-25-9-10-33-27(32)26(25)30/h3-15H,1-2H3,(H2,32,33)(H,34,36). The lowest BCUT2D eigenvalue weighted by molar-refractivity contribution is 0.102. The molecule has 0 aliphatic heterocycles. The number of fused-ring (bicyclic) bond motifs is 1. The van der Waals surface area contributed by atoms with Gasteiger partial charge in [0.05, 0.1) is 25.4 Å². The molecule has 40 heavy (non-hydrogen) atoms. The predicted molar refractivity (Wildman–Crippen MR) is 151 cm³/mol. The number of hydrogen-bond donors (Lipinski definition) is 2. The van der Waals surface area contributed by atoms with Gasteiger partial charge in [0.25, 0.3) is 11.5 Å². The molecular weight excluding hydrogens is 539 g/mol. The summed E-state index contributed by atoms with van der Waals surface area (Å²) in [5, 5.41) is 3.27. The van der Waals surface area contributed by atoms with Crippen molar-refractivity contribution in [3.8, 4) is 28.7 Å². The SMILES string of the molecule is COc1cc(OC)cc(-n2c(=O)c(C(=O)Nc3ccc(Oc4ccnc(N)c4Cl)c(F)c3)cc3ccccc32)c1. The Balaban J connectivity index is 1.51. The van der Waals surface area contributed by atoms with E-state index in [4.69, 9.17) is 31.5 Å². The maximum absolute atomic E-state index is 14.9. The number of amides is 1. The third-order valence-electron chi connectivity index (χ3n) is 6.04. The third kappa shape index (κ3) is 5.12. The number of rotatable bonds is 7. The number of halogens is 2. The first-order chi connectivity index (χ1) is 19.3. The minimum absolute atomic E-state index is 0.0388. The number of anilines is 2. The number of methoxy groups -OCH3 is 2. The minimum atomic E-state index is -0.774. The van der Waals surface area contributed by atoms with Gasteiger partial charge in [-0.25, -0.2) is 9.37 Å². The smallest absolute Gasteiger partial charge is 0.268 e. The summed E-state index contributed by atoms with van der Waals surface area (Å²) in [6, 6.07) is 18.9. The van der Waals surface area contributed by atoms with Crippen molar-refractivity contribution in [2.75, 3.05) is 25.3 Å². The fraction of sp³-hybridized carbons (Fsp3) is 0.0690. The number of benzene rings is 3. The van der Waals surface area contributed by atoms with Gasteiger partial charge < -0.3 is 25.3 Å². The highest BCUT2D eigenvalue weighted by molar-refractivity contribution is 6.34. The highest BCUT2D eigenvalue weighted by Gasteiger charge is 2.19. The molecule has 202 valence electrons. The monoisotopic (exact) mass is 560 g/mol. The number of nitrogens with zero attached hydrogens (tertiary/aromatic N) is 2. The molecule has 5 rings (SSSR count). The Bertz CT molecular complexity index is 1800. The minimum Gasteiger partial charge on any atom is -0.497 e. The molecule has 0 saturated carbocycles. The van der Waals surface area contributed by atoms with Gasteiger partial charge in [-0.2, -0.15) is 0 Å². The molecule has 0 atom stereocenters. The number of carbonyl (C=O) groups is 1. The summed E-state index contributed by atoms with van der Waals surface area (Å²) in [5.74, 6) is -0.554. The number of ether oxygens (including phenoxy) is 3. The first kappa shape index (κ1) is 26.5.